The zero-order valence-corrected chi connectivity index (χ0v) is 14.6. The standard InChI is InChI=1S/C14H12N6O3S2/c1-8-17-20-14(25-8)16-11(21)7-24-12-5-4-10(18-19-12)15-13(22)9-3-2-6-23-9/h2-6H,7H2,1H3,(H,15,18,22)(H,16,20,21). The van der Waals surface area contributed by atoms with E-state index in [0.29, 0.717) is 16.0 Å². The number of aromatic nitrogens is 4. The number of rotatable bonds is 6. The highest BCUT2D eigenvalue weighted by molar-refractivity contribution is 7.99. The summed E-state index contributed by atoms with van der Waals surface area (Å²) in [6.07, 6.45) is 1.41. The summed E-state index contributed by atoms with van der Waals surface area (Å²) in [6, 6.07) is 6.43. The molecule has 0 spiro atoms. The Kier molecular flexibility index (Phi) is 5.36. The van der Waals surface area contributed by atoms with Crippen molar-refractivity contribution in [2.75, 3.05) is 16.4 Å². The van der Waals surface area contributed by atoms with E-state index in [1.54, 1.807) is 24.3 Å². The van der Waals surface area contributed by atoms with Crippen LogP contribution >= 0.6 is 23.1 Å². The summed E-state index contributed by atoms with van der Waals surface area (Å²) in [6.45, 7) is 1.81. The Morgan fingerprint density at radius 1 is 1.16 bits per heavy atom. The lowest BCUT2D eigenvalue weighted by Gasteiger charge is -2.03. The lowest BCUT2D eigenvalue weighted by molar-refractivity contribution is -0.113. The van der Waals surface area contributed by atoms with Gasteiger partial charge in [-0.25, -0.2) is 0 Å². The van der Waals surface area contributed by atoms with E-state index in [-0.39, 0.29) is 17.4 Å². The van der Waals surface area contributed by atoms with Crippen molar-refractivity contribution in [2.45, 2.75) is 11.9 Å². The minimum Gasteiger partial charge on any atom is -0.459 e. The molecule has 3 aromatic rings. The predicted octanol–water partition coefficient (Wildman–Crippen LogP) is 2.21. The number of hydrogen-bond donors (Lipinski definition) is 2. The summed E-state index contributed by atoms with van der Waals surface area (Å²) in [5.41, 5.74) is 0. The van der Waals surface area contributed by atoms with E-state index in [9.17, 15) is 9.59 Å². The molecule has 0 aliphatic carbocycles. The molecule has 2 amide bonds. The second-order valence-electron chi connectivity index (χ2n) is 4.65. The zero-order valence-electron chi connectivity index (χ0n) is 12.9. The molecule has 3 rings (SSSR count). The van der Waals surface area contributed by atoms with Crippen LogP contribution in [0.15, 0.2) is 40.0 Å². The summed E-state index contributed by atoms with van der Waals surface area (Å²) >= 11 is 2.52. The fraction of sp³-hybridized carbons (Fsp3) is 0.143. The molecule has 3 heterocycles. The lowest BCUT2D eigenvalue weighted by atomic mass is 10.4. The number of thioether (sulfide) groups is 1. The molecule has 0 aromatic carbocycles. The topological polar surface area (TPSA) is 123 Å². The highest BCUT2D eigenvalue weighted by atomic mass is 32.2. The van der Waals surface area contributed by atoms with Crippen LogP contribution in [0.2, 0.25) is 0 Å². The van der Waals surface area contributed by atoms with Gasteiger partial charge in [0.2, 0.25) is 11.0 Å². The molecule has 3 aromatic heterocycles. The van der Waals surface area contributed by atoms with Crippen molar-refractivity contribution in [3.05, 3.63) is 41.3 Å². The summed E-state index contributed by atoms with van der Waals surface area (Å²) in [4.78, 5) is 23.6. The Morgan fingerprint density at radius 2 is 2.04 bits per heavy atom. The first-order chi connectivity index (χ1) is 12.1. The lowest BCUT2D eigenvalue weighted by Crippen LogP contribution is -2.14. The van der Waals surface area contributed by atoms with Crippen LogP contribution in [0, 0.1) is 6.92 Å². The van der Waals surface area contributed by atoms with Gasteiger partial charge in [-0.15, -0.1) is 20.4 Å². The number of nitrogens with one attached hydrogen (secondary N) is 2. The first-order valence-electron chi connectivity index (χ1n) is 7.01. The molecule has 0 bridgehead atoms. The van der Waals surface area contributed by atoms with Gasteiger partial charge >= 0.3 is 0 Å². The van der Waals surface area contributed by atoms with Gasteiger partial charge in [0.1, 0.15) is 10.0 Å². The van der Waals surface area contributed by atoms with Gasteiger partial charge in [-0.3, -0.25) is 14.9 Å². The van der Waals surface area contributed by atoms with E-state index < -0.39 is 5.91 Å². The normalized spacial score (nSPS) is 10.4. The van der Waals surface area contributed by atoms with Crippen LogP contribution in [0.1, 0.15) is 15.6 Å². The molecule has 0 saturated heterocycles. The maximum Gasteiger partial charge on any atom is 0.292 e. The first-order valence-corrected chi connectivity index (χ1v) is 8.82. The SMILES string of the molecule is Cc1nnc(NC(=O)CSc2ccc(NC(=O)c3ccco3)nn2)s1. The second kappa shape index (κ2) is 7.85. The minimum atomic E-state index is -0.411. The molecule has 0 aliphatic rings. The van der Waals surface area contributed by atoms with Crippen molar-refractivity contribution < 1.29 is 14.0 Å². The van der Waals surface area contributed by atoms with E-state index in [1.165, 1.54) is 29.4 Å². The first kappa shape index (κ1) is 17.0. The Morgan fingerprint density at radius 3 is 2.68 bits per heavy atom. The number of nitrogens with zero attached hydrogens (tertiary/aromatic N) is 4. The van der Waals surface area contributed by atoms with Crippen LogP contribution in [-0.4, -0.2) is 38.0 Å². The Hall–Kier alpha value is -2.79. The molecule has 2 N–H and O–H groups in total. The third-order valence-corrected chi connectivity index (χ3v) is 4.42. The van der Waals surface area contributed by atoms with Gasteiger partial charge in [-0.1, -0.05) is 23.1 Å². The molecule has 0 radical (unpaired) electrons. The molecule has 0 fully saturated rings. The zero-order chi connectivity index (χ0) is 17.6. The maximum absolute atomic E-state index is 11.8. The fourth-order valence-corrected chi connectivity index (χ4v) is 2.91. The van der Waals surface area contributed by atoms with Crippen LogP contribution in [-0.2, 0) is 4.79 Å². The average molecular weight is 376 g/mol. The van der Waals surface area contributed by atoms with E-state index in [4.69, 9.17) is 4.42 Å². The van der Waals surface area contributed by atoms with Crippen LogP contribution in [0.25, 0.3) is 0 Å². The van der Waals surface area contributed by atoms with Gasteiger partial charge in [-0.05, 0) is 31.2 Å². The number of aryl methyl sites for hydroxylation is 1. The maximum atomic E-state index is 11.8. The summed E-state index contributed by atoms with van der Waals surface area (Å²) in [5.74, 6) is 0.0127. The van der Waals surface area contributed by atoms with E-state index in [0.717, 1.165) is 5.01 Å². The van der Waals surface area contributed by atoms with Gasteiger partial charge in [-0.2, -0.15) is 0 Å². The van der Waals surface area contributed by atoms with Gasteiger partial charge in [0.25, 0.3) is 5.91 Å². The molecular formula is C14H12N6O3S2. The third kappa shape index (κ3) is 4.84. The smallest absolute Gasteiger partial charge is 0.292 e. The number of hydrogen-bond acceptors (Lipinski definition) is 9. The van der Waals surface area contributed by atoms with Crippen molar-refractivity contribution in [2.24, 2.45) is 0 Å². The fourth-order valence-electron chi connectivity index (χ4n) is 1.69. The number of furan rings is 1. The van der Waals surface area contributed by atoms with Crippen LogP contribution in [0.5, 0.6) is 0 Å². The molecule has 9 nitrogen and oxygen atoms in total. The molecular weight excluding hydrogens is 364 g/mol. The highest BCUT2D eigenvalue weighted by Gasteiger charge is 2.11. The van der Waals surface area contributed by atoms with Crippen LogP contribution in [0.3, 0.4) is 0 Å². The minimum absolute atomic E-state index is 0.158. The largest absolute Gasteiger partial charge is 0.459 e. The molecule has 128 valence electrons. The number of amides is 2. The van der Waals surface area contributed by atoms with Crippen molar-refractivity contribution in [1.29, 1.82) is 0 Å². The average Bonchev–Trinajstić information content (AvgIpc) is 3.26. The second-order valence-corrected chi connectivity index (χ2v) is 6.83. The molecule has 0 saturated carbocycles. The summed E-state index contributed by atoms with van der Waals surface area (Å²) in [7, 11) is 0. The van der Waals surface area contributed by atoms with Crippen molar-refractivity contribution in [3.63, 3.8) is 0 Å². The van der Waals surface area contributed by atoms with E-state index >= 15 is 0 Å². The van der Waals surface area contributed by atoms with Crippen molar-refractivity contribution >= 4 is 45.9 Å². The van der Waals surface area contributed by atoms with Crippen molar-refractivity contribution in [1.82, 2.24) is 20.4 Å². The molecule has 0 aliphatic heterocycles. The van der Waals surface area contributed by atoms with Crippen LogP contribution < -0.4 is 10.6 Å². The number of anilines is 2. The third-order valence-electron chi connectivity index (χ3n) is 2.75. The highest BCUT2D eigenvalue weighted by Crippen LogP contribution is 2.18. The number of carbonyl (C=O) groups is 2. The van der Waals surface area contributed by atoms with Gasteiger partial charge in [0.05, 0.1) is 12.0 Å². The van der Waals surface area contributed by atoms with Gasteiger partial charge in [0, 0.05) is 0 Å². The van der Waals surface area contributed by atoms with Gasteiger partial charge in [0.15, 0.2) is 11.6 Å². The Bertz CT molecular complexity index is 863. The quantitative estimate of drug-likeness (QED) is 0.628. The van der Waals surface area contributed by atoms with Crippen molar-refractivity contribution in [3.8, 4) is 0 Å². The molecule has 0 unspecified atom stereocenters. The van der Waals surface area contributed by atoms with E-state index in [2.05, 4.69) is 31.0 Å². The monoisotopic (exact) mass is 376 g/mol. The Balaban J connectivity index is 1.49. The van der Waals surface area contributed by atoms with Crippen LogP contribution in [0.4, 0.5) is 10.9 Å². The summed E-state index contributed by atoms with van der Waals surface area (Å²) in [5, 5.41) is 22.5. The van der Waals surface area contributed by atoms with Gasteiger partial charge < -0.3 is 9.73 Å². The number of carbonyl (C=O) groups excluding carboxylic acids is 2. The molecule has 0 atom stereocenters. The molecule has 11 heteroatoms. The Labute approximate surface area is 150 Å². The molecule has 25 heavy (non-hydrogen) atoms. The summed E-state index contributed by atoms with van der Waals surface area (Å²) < 4.78 is 4.99. The predicted molar refractivity (Wildman–Crippen MR) is 92.7 cm³/mol. The van der Waals surface area contributed by atoms with E-state index in [1.807, 2.05) is 6.92 Å².